The van der Waals surface area contributed by atoms with E-state index in [1.54, 1.807) is 11.9 Å². The normalized spacial score (nSPS) is 13.4. The van der Waals surface area contributed by atoms with Crippen molar-refractivity contribution in [3.05, 3.63) is 78.9 Å². The number of hydrogen-bond acceptors (Lipinski definition) is 4. The second-order valence-electron chi connectivity index (χ2n) is 7.19. The van der Waals surface area contributed by atoms with E-state index in [-0.39, 0.29) is 5.91 Å². The van der Waals surface area contributed by atoms with Gasteiger partial charge in [0.2, 0.25) is 0 Å². The van der Waals surface area contributed by atoms with E-state index in [1.807, 2.05) is 66.9 Å². The molecule has 144 valence electrons. The van der Waals surface area contributed by atoms with E-state index < -0.39 is 0 Å². The van der Waals surface area contributed by atoms with Gasteiger partial charge in [-0.2, -0.15) is 0 Å². The van der Waals surface area contributed by atoms with Crippen molar-refractivity contribution in [2.45, 2.75) is 18.9 Å². The van der Waals surface area contributed by atoms with Crippen molar-refractivity contribution >= 4 is 22.6 Å². The Morgan fingerprint density at radius 3 is 2.45 bits per heavy atom. The number of carbonyl (C=O) groups excluding carboxylic acids is 1. The average Bonchev–Trinajstić information content (AvgIpc) is 3.52. The number of para-hydroxylation sites is 1. The molecule has 0 bridgehead atoms. The number of aromatic nitrogens is 3. The minimum Gasteiger partial charge on any atom is -0.457 e. The van der Waals surface area contributed by atoms with E-state index in [0.717, 1.165) is 35.3 Å². The van der Waals surface area contributed by atoms with Gasteiger partial charge < -0.3 is 14.2 Å². The smallest absolute Gasteiger partial charge is 0.277 e. The van der Waals surface area contributed by atoms with Crippen molar-refractivity contribution in [1.82, 2.24) is 14.5 Å². The Bertz CT molecular complexity index is 1160. The molecular weight excluding hydrogens is 364 g/mol. The van der Waals surface area contributed by atoms with Gasteiger partial charge in [-0.1, -0.05) is 18.2 Å². The molecule has 4 aromatic rings. The number of ether oxygens (including phenoxy) is 1. The zero-order valence-corrected chi connectivity index (χ0v) is 16.0. The number of carbonyl (C=O) groups is 1. The van der Waals surface area contributed by atoms with E-state index in [9.17, 15) is 4.79 Å². The fourth-order valence-corrected chi connectivity index (χ4v) is 3.43. The van der Waals surface area contributed by atoms with Gasteiger partial charge in [0.1, 0.15) is 29.2 Å². The lowest BCUT2D eigenvalue weighted by Crippen LogP contribution is -2.27. The number of anilines is 1. The molecule has 6 nitrogen and oxygen atoms in total. The highest BCUT2D eigenvalue weighted by atomic mass is 16.5. The number of fused-ring (bicyclic) bond motifs is 1. The predicted molar refractivity (Wildman–Crippen MR) is 111 cm³/mol. The van der Waals surface area contributed by atoms with Gasteiger partial charge in [0.25, 0.3) is 5.91 Å². The summed E-state index contributed by atoms with van der Waals surface area (Å²) in [5.41, 5.74) is 2.01. The standard InChI is InChI=1S/C23H20N4O2/c1-26(16-9-11-19(12-10-16)29-18-5-3-2-4-6-18)23(28)21-20-13-14-27(17-7-8-17)22(20)25-15-24-21/h2-6,9-15,17H,7-8H2,1H3. The van der Waals surface area contributed by atoms with Crippen LogP contribution in [0.2, 0.25) is 0 Å². The molecule has 0 saturated heterocycles. The van der Waals surface area contributed by atoms with Gasteiger partial charge in [-0.05, 0) is 55.3 Å². The molecule has 6 heteroatoms. The second kappa shape index (κ2) is 7.05. The Hall–Kier alpha value is -3.67. The molecule has 5 rings (SSSR count). The molecule has 1 amide bonds. The van der Waals surface area contributed by atoms with Crippen LogP contribution in [0.3, 0.4) is 0 Å². The number of rotatable bonds is 5. The quantitative estimate of drug-likeness (QED) is 0.494. The molecule has 0 radical (unpaired) electrons. The fraction of sp³-hybridized carbons (Fsp3) is 0.174. The SMILES string of the molecule is CN(C(=O)c1ncnc2c1ccn2C1CC1)c1ccc(Oc2ccccc2)cc1. The lowest BCUT2D eigenvalue weighted by Gasteiger charge is -2.18. The first-order valence-corrected chi connectivity index (χ1v) is 9.63. The first kappa shape index (κ1) is 17.4. The van der Waals surface area contributed by atoms with Crippen molar-refractivity contribution < 1.29 is 9.53 Å². The van der Waals surface area contributed by atoms with Gasteiger partial charge >= 0.3 is 0 Å². The first-order chi connectivity index (χ1) is 14.2. The summed E-state index contributed by atoms with van der Waals surface area (Å²) in [6, 6.07) is 19.5. The third-order valence-corrected chi connectivity index (χ3v) is 5.16. The van der Waals surface area contributed by atoms with Crippen molar-refractivity contribution in [3.63, 3.8) is 0 Å². The maximum absolute atomic E-state index is 13.1. The molecule has 29 heavy (non-hydrogen) atoms. The Kier molecular flexibility index (Phi) is 4.24. The zero-order valence-electron chi connectivity index (χ0n) is 16.0. The maximum atomic E-state index is 13.1. The van der Waals surface area contributed by atoms with Gasteiger partial charge in [0.05, 0.1) is 5.39 Å². The largest absolute Gasteiger partial charge is 0.457 e. The van der Waals surface area contributed by atoms with Crippen LogP contribution < -0.4 is 9.64 Å². The Balaban J connectivity index is 1.38. The minimum absolute atomic E-state index is 0.164. The van der Waals surface area contributed by atoms with Gasteiger partial charge in [-0.15, -0.1) is 0 Å². The maximum Gasteiger partial charge on any atom is 0.277 e. The molecule has 0 atom stereocenters. The van der Waals surface area contributed by atoms with Gasteiger partial charge in [-0.3, -0.25) is 4.79 Å². The number of benzene rings is 2. The number of amides is 1. The van der Waals surface area contributed by atoms with Crippen LogP contribution in [0.1, 0.15) is 29.4 Å². The van der Waals surface area contributed by atoms with Crippen LogP contribution in [-0.4, -0.2) is 27.5 Å². The summed E-state index contributed by atoms with van der Waals surface area (Å²) in [7, 11) is 1.75. The van der Waals surface area contributed by atoms with Crippen LogP contribution >= 0.6 is 0 Å². The Morgan fingerprint density at radius 2 is 1.72 bits per heavy atom. The molecule has 0 N–H and O–H groups in total. The van der Waals surface area contributed by atoms with Crippen molar-refractivity contribution in [2.75, 3.05) is 11.9 Å². The van der Waals surface area contributed by atoms with Crippen molar-refractivity contribution in [2.24, 2.45) is 0 Å². The summed E-state index contributed by atoms with van der Waals surface area (Å²) in [5.74, 6) is 1.32. The van der Waals surface area contributed by atoms with Gasteiger partial charge in [0, 0.05) is 25.0 Å². The highest BCUT2D eigenvalue weighted by Crippen LogP contribution is 2.37. The number of hydrogen-bond donors (Lipinski definition) is 0. The summed E-state index contributed by atoms with van der Waals surface area (Å²) in [6.45, 7) is 0. The molecule has 1 fully saturated rings. The zero-order chi connectivity index (χ0) is 19.8. The molecule has 1 aliphatic rings. The molecule has 0 aliphatic heterocycles. The summed E-state index contributed by atoms with van der Waals surface area (Å²) in [5, 5.41) is 0.792. The van der Waals surface area contributed by atoms with Crippen LogP contribution in [-0.2, 0) is 0 Å². The molecule has 0 unspecified atom stereocenters. The lowest BCUT2D eigenvalue weighted by atomic mass is 10.2. The summed E-state index contributed by atoms with van der Waals surface area (Å²) < 4.78 is 7.96. The summed E-state index contributed by atoms with van der Waals surface area (Å²) >= 11 is 0. The highest BCUT2D eigenvalue weighted by Gasteiger charge is 2.27. The van der Waals surface area contributed by atoms with E-state index in [2.05, 4.69) is 14.5 Å². The molecule has 1 saturated carbocycles. The Morgan fingerprint density at radius 1 is 1.00 bits per heavy atom. The van der Waals surface area contributed by atoms with Gasteiger partial charge in [0.15, 0.2) is 0 Å². The van der Waals surface area contributed by atoms with E-state index in [4.69, 9.17) is 4.74 Å². The molecule has 0 spiro atoms. The topological polar surface area (TPSA) is 60.2 Å². The predicted octanol–water partition coefficient (Wildman–Crippen LogP) is 4.84. The minimum atomic E-state index is -0.164. The third kappa shape index (κ3) is 3.33. The molecule has 1 aliphatic carbocycles. The number of nitrogens with zero attached hydrogens (tertiary/aromatic N) is 4. The third-order valence-electron chi connectivity index (χ3n) is 5.16. The van der Waals surface area contributed by atoms with Crippen LogP contribution in [0.4, 0.5) is 5.69 Å². The molecule has 2 aromatic heterocycles. The van der Waals surface area contributed by atoms with Crippen molar-refractivity contribution in [3.8, 4) is 11.5 Å². The van der Waals surface area contributed by atoms with Gasteiger partial charge in [-0.25, -0.2) is 9.97 Å². The van der Waals surface area contributed by atoms with E-state index in [1.165, 1.54) is 6.33 Å². The Labute approximate surface area is 168 Å². The average molecular weight is 384 g/mol. The first-order valence-electron chi connectivity index (χ1n) is 9.63. The summed E-state index contributed by atoms with van der Waals surface area (Å²) in [6.07, 6.45) is 5.80. The second-order valence-corrected chi connectivity index (χ2v) is 7.19. The molecule has 2 aromatic carbocycles. The van der Waals surface area contributed by atoms with Crippen molar-refractivity contribution in [1.29, 1.82) is 0 Å². The van der Waals surface area contributed by atoms with Crippen LogP contribution in [0.5, 0.6) is 11.5 Å². The van der Waals surface area contributed by atoms with E-state index >= 15 is 0 Å². The molecule has 2 heterocycles. The molecular formula is C23H20N4O2. The van der Waals surface area contributed by atoms with Crippen LogP contribution in [0.15, 0.2) is 73.2 Å². The fourth-order valence-electron chi connectivity index (χ4n) is 3.43. The lowest BCUT2D eigenvalue weighted by molar-refractivity contribution is 0.0990. The van der Waals surface area contributed by atoms with Crippen LogP contribution in [0.25, 0.3) is 11.0 Å². The summed E-state index contributed by atoms with van der Waals surface area (Å²) in [4.78, 5) is 23.4. The van der Waals surface area contributed by atoms with Crippen LogP contribution in [0, 0.1) is 0 Å². The monoisotopic (exact) mass is 384 g/mol. The highest BCUT2D eigenvalue weighted by molar-refractivity contribution is 6.11. The van der Waals surface area contributed by atoms with E-state index in [0.29, 0.717) is 17.5 Å².